The predicted molar refractivity (Wildman–Crippen MR) is 143 cm³/mol. The number of aliphatic hydroxyl groups is 1. The highest BCUT2D eigenvalue weighted by atomic mass is 19.3. The third kappa shape index (κ3) is 6.20. The van der Waals surface area contributed by atoms with Crippen LogP contribution in [0.25, 0.3) is 11.3 Å². The van der Waals surface area contributed by atoms with Crippen molar-refractivity contribution in [2.45, 2.75) is 64.3 Å². The van der Waals surface area contributed by atoms with Gasteiger partial charge in [-0.15, -0.1) is 0 Å². The Morgan fingerprint density at radius 2 is 1.88 bits per heavy atom. The molecule has 2 amide bonds. The number of piperidine rings is 1. The number of likely N-dealkylation sites (tertiary alicyclic amines) is 2. The normalized spacial score (nSPS) is 17.3. The molecule has 2 fully saturated rings. The van der Waals surface area contributed by atoms with Crippen molar-refractivity contribution in [3.05, 3.63) is 48.2 Å². The maximum atomic E-state index is 13.8. The van der Waals surface area contributed by atoms with E-state index in [4.69, 9.17) is 0 Å². The summed E-state index contributed by atoms with van der Waals surface area (Å²) < 4.78 is 30.8. The van der Waals surface area contributed by atoms with Crippen LogP contribution in [0.2, 0.25) is 0 Å². The van der Waals surface area contributed by atoms with E-state index in [1.165, 1.54) is 16.9 Å². The van der Waals surface area contributed by atoms with Gasteiger partial charge in [-0.05, 0) is 38.8 Å². The molecule has 3 aromatic rings. The lowest BCUT2D eigenvalue weighted by molar-refractivity contribution is -0.130. The van der Waals surface area contributed by atoms with E-state index in [9.17, 15) is 23.5 Å². The van der Waals surface area contributed by atoms with Gasteiger partial charge in [-0.2, -0.15) is 10.2 Å². The molecule has 3 aromatic heterocycles. The van der Waals surface area contributed by atoms with E-state index in [0.29, 0.717) is 30.4 Å². The van der Waals surface area contributed by atoms with Gasteiger partial charge in [-0.25, -0.2) is 13.8 Å². The van der Waals surface area contributed by atoms with Crippen molar-refractivity contribution in [3.8, 4) is 11.3 Å². The lowest BCUT2D eigenvalue weighted by Gasteiger charge is -2.47. The molecular formula is C27H34F2N8O3. The average molecular weight is 557 g/mol. The van der Waals surface area contributed by atoms with Gasteiger partial charge < -0.3 is 15.3 Å². The van der Waals surface area contributed by atoms with Gasteiger partial charge in [0.15, 0.2) is 5.69 Å². The summed E-state index contributed by atoms with van der Waals surface area (Å²) in [4.78, 5) is 33.1. The molecule has 2 aliphatic rings. The van der Waals surface area contributed by atoms with E-state index in [-0.39, 0.29) is 29.9 Å². The molecule has 0 aromatic carbocycles. The molecule has 40 heavy (non-hydrogen) atoms. The summed E-state index contributed by atoms with van der Waals surface area (Å²) in [5.41, 5.74) is -0.266. The average Bonchev–Trinajstić information content (AvgIpc) is 3.50. The first-order chi connectivity index (χ1) is 19.0. The Hall–Kier alpha value is -3.71. The van der Waals surface area contributed by atoms with E-state index < -0.39 is 23.6 Å². The largest absolute Gasteiger partial charge is 0.389 e. The van der Waals surface area contributed by atoms with Crippen molar-refractivity contribution in [2.24, 2.45) is 0 Å². The van der Waals surface area contributed by atoms with Crippen LogP contribution in [0.3, 0.4) is 0 Å². The van der Waals surface area contributed by atoms with Crippen LogP contribution in [0.1, 0.15) is 62.3 Å². The number of aromatic nitrogens is 5. The molecule has 214 valence electrons. The van der Waals surface area contributed by atoms with Crippen molar-refractivity contribution in [2.75, 3.05) is 31.5 Å². The van der Waals surface area contributed by atoms with Crippen molar-refractivity contribution in [1.29, 1.82) is 0 Å². The molecule has 0 unspecified atom stereocenters. The molecule has 0 bridgehead atoms. The van der Waals surface area contributed by atoms with Crippen LogP contribution in [0, 0.1) is 0 Å². The zero-order chi connectivity index (χ0) is 28.6. The first kappa shape index (κ1) is 27.8. The first-order valence-corrected chi connectivity index (χ1v) is 13.4. The molecule has 5 heterocycles. The Morgan fingerprint density at radius 3 is 2.52 bits per heavy atom. The number of amides is 2. The summed E-state index contributed by atoms with van der Waals surface area (Å²) in [5.74, 6) is -0.537. The number of anilines is 1. The minimum absolute atomic E-state index is 0.0431. The SMILES string of the molecule is CC(=O)N1CCC(N2CC(n3cc(NC(=O)c4cccc(-c5cnn(CC(C)(C)O)c5)n4)c(C(F)F)n3)C2)CC1. The van der Waals surface area contributed by atoms with Gasteiger partial charge in [0.1, 0.15) is 5.69 Å². The lowest BCUT2D eigenvalue weighted by atomic mass is 9.97. The van der Waals surface area contributed by atoms with Crippen molar-refractivity contribution >= 4 is 17.5 Å². The Kier molecular flexibility index (Phi) is 7.69. The molecule has 0 saturated carbocycles. The van der Waals surface area contributed by atoms with Crippen LogP contribution in [-0.4, -0.2) is 89.1 Å². The van der Waals surface area contributed by atoms with Crippen molar-refractivity contribution < 1.29 is 23.5 Å². The zero-order valence-corrected chi connectivity index (χ0v) is 22.8. The van der Waals surface area contributed by atoms with Crippen LogP contribution >= 0.6 is 0 Å². The molecular weight excluding hydrogens is 522 g/mol. The van der Waals surface area contributed by atoms with E-state index in [2.05, 4.69) is 25.4 Å². The van der Waals surface area contributed by atoms with Crippen LogP contribution < -0.4 is 5.32 Å². The smallest absolute Gasteiger partial charge is 0.284 e. The van der Waals surface area contributed by atoms with E-state index >= 15 is 0 Å². The van der Waals surface area contributed by atoms with Gasteiger partial charge >= 0.3 is 0 Å². The van der Waals surface area contributed by atoms with E-state index in [0.717, 1.165) is 25.9 Å². The second-order valence-electron chi connectivity index (χ2n) is 11.2. The summed E-state index contributed by atoms with van der Waals surface area (Å²) in [6, 6.07) is 5.17. The third-order valence-electron chi connectivity index (χ3n) is 7.37. The summed E-state index contributed by atoms with van der Waals surface area (Å²) >= 11 is 0. The molecule has 11 nitrogen and oxygen atoms in total. The quantitative estimate of drug-likeness (QED) is 0.438. The molecule has 2 saturated heterocycles. The number of nitrogens with zero attached hydrogens (tertiary/aromatic N) is 7. The maximum absolute atomic E-state index is 13.8. The monoisotopic (exact) mass is 556 g/mol. The van der Waals surface area contributed by atoms with Crippen molar-refractivity contribution in [3.63, 3.8) is 0 Å². The fourth-order valence-corrected chi connectivity index (χ4v) is 5.24. The summed E-state index contributed by atoms with van der Waals surface area (Å²) in [6.45, 7) is 8.02. The summed E-state index contributed by atoms with van der Waals surface area (Å²) in [6.07, 6.45) is 3.69. The minimum atomic E-state index is -2.86. The number of alkyl halides is 2. The van der Waals surface area contributed by atoms with Gasteiger partial charge in [0.2, 0.25) is 5.91 Å². The molecule has 0 aliphatic carbocycles. The van der Waals surface area contributed by atoms with Crippen molar-refractivity contribution in [1.82, 2.24) is 34.3 Å². The zero-order valence-electron chi connectivity index (χ0n) is 22.8. The minimum Gasteiger partial charge on any atom is -0.389 e. The molecule has 0 radical (unpaired) electrons. The van der Waals surface area contributed by atoms with Gasteiger partial charge in [-0.1, -0.05) is 6.07 Å². The third-order valence-corrected chi connectivity index (χ3v) is 7.37. The van der Waals surface area contributed by atoms with Gasteiger partial charge in [0.25, 0.3) is 12.3 Å². The maximum Gasteiger partial charge on any atom is 0.284 e. The Labute approximate surface area is 230 Å². The summed E-state index contributed by atoms with van der Waals surface area (Å²) in [5, 5.41) is 20.9. The number of nitrogens with one attached hydrogen (secondary N) is 1. The predicted octanol–water partition coefficient (Wildman–Crippen LogP) is 2.97. The van der Waals surface area contributed by atoms with Crippen LogP contribution in [0.5, 0.6) is 0 Å². The molecule has 0 spiro atoms. The van der Waals surface area contributed by atoms with Crippen LogP contribution in [0.4, 0.5) is 14.5 Å². The number of rotatable bonds is 8. The Morgan fingerprint density at radius 1 is 1.15 bits per heavy atom. The second kappa shape index (κ2) is 11.0. The number of halogens is 2. The molecule has 0 atom stereocenters. The second-order valence-corrected chi connectivity index (χ2v) is 11.2. The highest BCUT2D eigenvalue weighted by Crippen LogP contribution is 2.32. The number of hydrogen-bond acceptors (Lipinski definition) is 7. The topological polar surface area (TPSA) is 121 Å². The highest BCUT2D eigenvalue weighted by molar-refractivity contribution is 6.03. The number of hydrogen-bond donors (Lipinski definition) is 2. The van der Waals surface area contributed by atoms with E-state index in [1.54, 1.807) is 50.0 Å². The standard InChI is InChI=1S/C27H34F2N8O3/c1-17(38)34-9-7-19(8-10-34)35-13-20(14-35)37-15-23(24(33-37)25(28)29)32-26(39)22-6-4-5-21(31-22)18-11-30-36(12-18)16-27(2,3)40/h4-6,11-12,15,19-20,25,40H,7-10,13-14,16H2,1-3H3,(H,32,39). The van der Waals surface area contributed by atoms with E-state index in [1.807, 2.05) is 4.90 Å². The Balaban J connectivity index is 1.24. The highest BCUT2D eigenvalue weighted by Gasteiger charge is 2.36. The molecule has 2 N–H and O–H groups in total. The fourth-order valence-electron chi connectivity index (χ4n) is 5.24. The van der Waals surface area contributed by atoms with Crippen LogP contribution in [0.15, 0.2) is 36.8 Å². The summed E-state index contributed by atoms with van der Waals surface area (Å²) in [7, 11) is 0. The fraction of sp³-hybridized carbons (Fsp3) is 0.519. The Bertz CT molecular complexity index is 1370. The molecule has 13 heteroatoms. The van der Waals surface area contributed by atoms with Gasteiger partial charge in [0.05, 0.1) is 35.8 Å². The first-order valence-electron chi connectivity index (χ1n) is 13.4. The van der Waals surface area contributed by atoms with Gasteiger partial charge in [0, 0.05) is 57.1 Å². The molecule has 5 rings (SSSR count). The number of pyridine rings is 1. The lowest BCUT2D eigenvalue weighted by Crippen LogP contribution is -2.56. The number of carbonyl (C=O) groups excluding carboxylic acids is 2. The van der Waals surface area contributed by atoms with Gasteiger partial charge in [-0.3, -0.25) is 23.9 Å². The number of carbonyl (C=O) groups is 2. The van der Waals surface area contributed by atoms with Crippen LogP contribution in [-0.2, 0) is 11.3 Å². The molecule has 2 aliphatic heterocycles.